The first kappa shape index (κ1) is 20.6. The van der Waals surface area contributed by atoms with E-state index in [0.29, 0.717) is 17.9 Å². The average molecular weight is 427 g/mol. The van der Waals surface area contributed by atoms with Gasteiger partial charge in [0.1, 0.15) is 6.61 Å². The van der Waals surface area contributed by atoms with Gasteiger partial charge in [-0.1, -0.05) is 18.5 Å². The van der Waals surface area contributed by atoms with Crippen molar-refractivity contribution in [2.75, 3.05) is 20.7 Å². The normalized spacial score (nSPS) is 19.9. The average Bonchev–Trinajstić information content (AvgIpc) is 3.13. The molecule has 3 rings (SSSR count). The lowest BCUT2D eigenvalue weighted by Gasteiger charge is -2.40. The molecule has 10 heteroatoms. The van der Waals surface area contributed by atoms with Crippen molar-refractivity contribution >= 4 is 27.7 Å². The number of hydrogen-bond donors (Lipinski definition) is 1. The lowest BCUT2D eigenvalue weighted by atomic mass is 9.95. The number of ether oxygens (including phenoxy) is 1. The van der Waals surface area contributed by atoms with E-state index in [1.165, 1.54) is 21.3 Å². The molecule has 0 fully saturated rings. The Labute approximate surface area is 169 Å². The number of rotatable bonds is 5. The molecule has 0 radical (unpaired) electrons. The summed E-state index contributed by atoms with van der Waals surface area (Å²) in [5.41, 5.74) is 1.70. The standard InChI is InChI=1S/C18H23ClN4O4S/c1-4-17-15-10-20-21-16(15)9-13(11-27-18(24)22(2)3)23(17)28(25,26)14-7-5-12(19)6-8-14/h5-8,10,13,17H,4,9,11H2,1-3H3,(H,20,21)/t13-,17-/m1/s1. The lowest BCUT2D eigenvalue weighted by Crippen LogP contribution is -2.49. The molecule has 0 aliphatic carbocycles. The molecule has 0 saturated heterocycles. The highest BCUT2D eigenvalue weighted by Gasteiger charge is 2.43. The fourth-order valence-corrected chi connectivity index (χ4v) is 5.39. The van der Waals surface area contributed by atoms with Crippen molar-refractivity contribution < 1.29 is 17.9 Å². The number of halogens is 1. The minimum absolute atomic E-state index is 0.0568. The molecule has 1 N–H and O–H groups in total. The van der Waals surface area contributed by atoms with Crippen molar-refractivity contribution in [2.45, 2.75) is 36.7 Å². The van der Waals surface area contributed by atoms with E-state index in [2.05, 4.69) is 10.2 Å². The molecule has 2 heterocycles. The van der Waals surface area contributed by atoms with Crippen molar-refractivity contribution in [1.29, 1.82) is 0 Å². The number of aromatic amines is 1. The number of amides is 1. The summed E-state index contributed by atoms with van der Waals surface area (Å²) >= 11 is 5.92. The number of carbonyl (C=O) groups excluding carboxylic acids is 1. The van der Waals surface area contributed by atoms with Gasteiger partial charge < -0.3 is 9.64 Å². The van der Waals surface area contributed by atoms with Crippen LogP contribution in [0.25, 0.3) is 0 Å². The molecule has 1 aliphatic heterocycles. The maximum Gasteiger partial charge on any atom is 0.409 e. The minimum atomic E-state index is -3.85. The Hall–Kier alpha value is -2.10. The van der Waals surface area contributed by atoms with Crippen LogP contribution in [0, 0.1) is 0 Å². The first-order valence-electron chi connectivity index (χ1n) is 8.91. The smallest absolute Gasteiger partial charge is 0.409 e. The molecule has 0 spiro atoms. The van der Waals surface area contributed by atoms with Crippen LogP contribution in [0.3, 0.4) is 0 Å². The van der Waals surface area contributed by atoms with Gasteiger partial charge in [-0.05, 0) is 30.7 Å². The number of H-pyrrole nitrogens is 1. The molecule has 1 aliphatic rings. The number of nitrogens with zero attached hydrogens (tertiary/aromatic N) is 3. The summed E-state index contributed by atoms with van der Waals surface area (Å²) in [6, 6.07) is 5.10. The van der Waals surface area contributed by atoms with Gasteiger partial charge in [0.25, 0.3) is 0 Å². The van der Waals surface area contributed by atoms with Crippen molar-refractivity contribution in [3.05, 3.63) is 46.7 Å². The zero-order valence-electron chi connectivity index (χ0n) is 15.9. The van der Waals surface area contributed by atoms with Crippen LogP contribution in [0.5, 0.6) is 0 Å². The van der Waals surface area contributed by atoms with E-state index in [9.17, 15) is 13.2 Å². The molecule has 1 amide bonds. The van der Waals surface area contributed by atoms with E-state index in [1.807, 2.05) is 6.92 Å². The summed E-state index contributed by atoms with van der Waals surface area (Å²) < 4.78 is 33.8. The second-order valence-corrected chi connectivity index (χ2v) is 9.13. The third-order valence-corrected chi connectivity index (χ3v) is 6.99. The van der Waals surface area contributed by atoms with Gasteiger partial charge in [-0.25, -0.2) is 13.2 Å². The summed E-state index contributed by atoms with van der Waals surface area (Å²) in [6.07, 6.45) is 2.07. The van der Waals surface area contributed by atoms with Crippen LogP contribution >= 0.6 is 11.6 Å². The summed E-state index contributed by atoms with van der Waals surface area (Å²) in [7, 11) is -0.697. The molecule has 2 atom stereocenters. The van der Waals surface area contributed by atoms with E-state index >= 15 is 0 Å². The van der Waals surface area contributed by atoms with Gasteiger partial charge in [-0.15, -0.1) is 0 Å². The molecule has 2 aromatic rings. The first-order chi connectivity index (χ1) is 13.3. The van der Waals surface area contributed by atoms with E-state index in [-0.39, 0.29) is 11.5 Å². The molecular weight excluding hydrogens is 404 g/mol. The van der Waals surface area contributed by atoms with Gasteiger partial charge in [-0.3, -0.25) is 5.10 Å². The fourth-order valence-electron chi connectivity index (χ4n) is 3.41. The highest BCUT2D eigenvalue weighted by Crippen LogP contribution is 2.38. The Bertz CT molecular complexity index is 943. The minimum Gasteiger partial charge on any atom is -0.448 e. The van der Waals surface area contributed by atoms with E-state index in [1.54, 1.807) is 32.4 Å². The number of benzene rings is 1. The molecule has 8 nitrogen and oxygen atoms in total. The zero-order chi connectivity index (χ0) is 20.5. The van der Waals surface area contributed by atoms with E-state index in [4.69, 9.17) is 16.3 Å². The van der Waals surface area contributed by atoms with Crippen molar-refractivity contribution in [1.82, 2.24) is 19.4 Å². The summed E-state index contributed by atoms with van der Waals surface area (Å²) in [5, 5.41) is 7.48. The van der Waals surface area contributed by atoms with Crippen molar-refractivity contribution in [3.8, 4) is 0 Å². The van der Waals surface area contributed by atoms with Crippen LogP contribution in [0.2, 0.25) is 5.02 Å². The van der Waals surface area contributed by atoms with Crippen LogP contribution in [0.15, 0.2) is 35.4 Å². The van der Waals surface area contributed by atoms with Gasteiger partial charge >= 0.3 is 6.09 Å². The van der Waals surface area contributed by atoms with E-state index in [0.717, 1.165) is 11.3 Å². The number of aromatic nitrogens is 2. The molecule has 0 bridgehead atoms. The molecule has 0 unspecified atom stereocenters. The third-order valence-electron chi connectivity index (χ3n) is 4.76. The number of fused-ring (bicyclic) bond motifs is 1. The molecule has 0 saturated carbocycles. The van der Waals surface area contributed by atoms with Crippen LogP contribution < -0.4 is 0 Å². The monoisotopic (exact) mass is 426 g/mol. The maximum absolute atomic E-state index is 13.5. The van der Waals surface area contributed by atoms with Crippen molar-refractivity contribution in [2.24, 2.45) is 0 Å². The fraction of sp³-hybridized carbons (Fsp3) is 0.444. The molecule has 152 valence electrons. The predicted octanol–water partition coefficient (Wildman–Crippen LogP) is 2.83. The molecular formula is C18H23ClN4O4S. The Kier molecular flexibility index (Phi) is 5.97. The SMILES string of the molecule is CC[C@@H]1c2cn[nH]c2C[C@H](COC(=O)N(C)C)N1S(=O)(=O)c1ccc(Cl)cc1. The summed E-state index contributed by atoms with van der Waals surface area (Å²) in [6.45, 7) is 1.86. The molecule has 1 aromatic heterocycles. The highest BCUT2D eigenvalue weighted by molar-refractivity contribution is 7.89. The largest absolute Gasteiger partial charge is 0.448 e. The Balaban J connectivity index is 2.01. The van der Waals surface area contributed by atoms with Gasteiger partial charge in [0.05, 0.1) is 23.2 Å². The van der Waals surface area contributed by atoms with Crippen molar-refractivity contribution in [3.63, 3.8) is 0 Å². The second-order valence-electron chi connectivity index (χ2n) is 6.85. The first-order valence-corrected chi connectivity index (χ1v) is 10.7. The third kappa shape index (κ3) is 3.87. The number of nitrogens with one attached hydrogen (secondary N) is 1. The van der Waals surface area contributed by atoms with Crippen LogP contribution in [-0.4, -0.2) is 60.7 Å². The topological polar surface area (TPSA) is 95.6 Å². The summed E-state index contributed by atoms with van der Waals surface area (Å²) in [5.74, 6) is 0. The zero-order valence-corrected chi connectivity index (χ0v) is 17.5. The number of hydrogen-bond acceptors (Lipinski definition) is 5. The maximum atomic E-state index is 13.5. The molecule has 1 aromatic carbocycles. The van der Waals surface area contributed by atoms with Gasteiger partial charge in [0.15, 0.2) is 0 Å². The Morgan fingerprint density at radius 3 is 2.64 bits per heavy atom. The van der Waals surface area contributed by atoms with Crippen LogP contribution in [0.4, 0.5) is 4.79 Å². The second kappa shape index (κ2) is 8.10. The van der Waals surface area contributed by atoms with Crippen LogP contribution in [-0.2, 0) is 21.2 Å². The van der Waals surface area contributed by atoms with Gasteiger partial charge in [0, 0.05) is 36.8 Å². The van der Waals surface area contributed by atoms with Gasteiger partial charge in [0.2, 0.25) is 10.0 Å². The molecule has 28 heavy (non-hydrogen) atoms. The highest BCUT2D eigenvalue weighted by atomic mass is 35.5. The Morgan fingerprint density at radius 1 is 1.36 bits per heavy atom. The summed E-state index contributed by atoms with van der Waals surface area (Å²) in [4.78, 5) is 13.3. The Morgan fingerprint density at radius 2 is 2.04 bits per heavy atom. The van der Waals surface area contributed by atoms with E-state index < -0.39 is 28.2 Å². The quantitative estimate of drug-likeness (QED) is 0.793. The lowest BCUT2D eigenvalue weighted by molar-refractivity contribution is 0.0817. The van der Waals surface area contributed by atoms with Gasteiger partial charge in [-0.2, -0.15) is 9.40 Å². The number of sulfonamides is 1. The predicted molar refractivity (Wildman–Crippen MR) is 105 cm³/mol. The number of carbonyl (C=O) groups is 1. The van der Waals surface area contributed by atoms with Crippen LogP contribution in [0.1, 0.15) is 30.6 Å².